The summed E-state index contributed by atoms with van der Waals surface area (Å²) in [6.07, 6.45) is 1.66. The van der Waals surface area contributed by atoms with Crippen molar-refractivity contribution in [2.75, 3.05) is 25.5 Å². The Kier molecular flexibility index (Phi) is 5.42. The van der Waals surface area contributed by atoms with E-state index in [-0.39, 0.29) is 11.9 Å². The summed E-state index contributed by atoms with van der Waals surface area (Å²) in [4.78, 5) is 17.9. The number of amides is 1. The molecule has 1 unspecified atom stereocenters. The van der Waals surface area contributed by atoms with E-state index >= 15 is 0 Å². The van der Waals surface area contributed by atoms with Gasteiger partial charge in [0.05, 0.1) is 19.0 Å². The minimum atomic E-state index is -0.264. The quantitative estimate of drug-likeness (QED) is 0.837. The van der Waals surface area contributed by atoms with Crippen molar-refractivity contribution in [2.45, 2.75) is 26.8 Å². The molecule has 0 aliphatic carbocycles. The molecule has 1 amide bonds. The van der Waals surface area contributed by atoms with Crippen LogP contribution in [0.15, 0.2) is 18.3 Å². The largest absolute Gasteiger partial charge is 0.481 e. The van der Waals surface area contributed by atoms with Gasteiger partial charge in [0.2, 0.25) is 11.8 Å². The van der Waals surface area contributed by atoms with Crippen LogP contribution in [0.3, 0.4) is 0 Å². The molecule has 0 bridgehead atoms. The Morgan fingerprint density at radius 3 is 2.56 bits per heavy atom. The highest BCUT2D eigenvalue weighted by molar-refractivity contribution is 5.84. The highest BCUT2D eigenvalue weighted by atomic mass is 16.5. The average Bonchev–Trinajstić information content (AvgIpc) is 2.40. The fourth-order valence-corrected chi connectivity index (χ4v) is 1.71. The van der Waals surface area contributed by atoms with Gasteiger partial charge in [0.15, 0.2) is 0 Å². The first kappa shape index (κ1) is 14.3. The monoisotopic (exact) mass is 251 g/mol. The summed E-state index contributed by atoms with van der Waals surface area (Å²) in [5.74, 6) is 0.652. The van der Waals surface area contributed by atoms with E-state index in [0.717, 1.165) is 18.8 Å². The summed E-state index contributed by atoms with van der Waals surface area (Å²) in [6, 6.07) is 3.34. The molecule has 18 heavy (non-hydrogen) atoms. The summed E-state index contributed by atoms with van der Waals surface area (Å²) in [5, 5.41) is 3.13. The molecule has 1 N–H and O–H groups in total. The van der Waals surface area contributed by atoms with Crippen molar-refractivity contribution >= 4 is 11.6 Å². The van der Waals surface area contributed by atoms with Gasteiger partial charge in [0.1, 0.15) is 6.04 Å². The number of aromatic nitrogens is 1. The molecule has 0 saturated heterocycles. The lowest BCUT2D eigenvalue weighted by Gasteiger charge is -2.23. The predicted molar refractivity (Wildman–Crippen MR) is 71.8 cm³/mol. The van der Waals surface area contributed by atoms with Gasteiger partial charge in [-0.05, 0) is 26.8 Å². The molecule has 1 atom stereocenters. The van der Waals surface area contributed by atoms with Gasteiger partial charge in [0.25, 0.3) is 0 Å². The minimum absolute atomic E-state index is 0.0934. The maximum Gasteiger partial charge on any atom is 0.244 e. The summed E-state index contributed by atoms with van der Waals surface area (Å²) in [5.41, 5.74) is 0.809. The van der Waals surface area contributed by atoms with E-state index < -0.39 is 0 Å². The molecule has 5 heteroatoms. The molecule has 0 aromatic carbocycles. The van der Waals surface area contributed by atoms with Gasteiger partial charge in [-0.25, -0.2) is 4.98 Å². The number of nitrogens with one attached hydrogen (secondary N) is 1. The SMILES string of the molecule is CCN(CC)C(=O)C(C)Nc1ccc(OC)nc1. The molecule has 100 valence electrons. The van der Waals surface area contributed by atoms with E-state index in [1.165, 1.54) is 0 Å². The number of hydrogen-bond donors (Lipinski definition) is 1. The summed E-state index contributed by atoms with van der Waals surface area (Å²) < 4.78 is 4.98. The van der Waals surface area contributed by atoms with Crippen LogP contribution in [0, 0.1) is 0 Å². The van der Waals surface area contributed by atoms with Gasteiger partial charge in [-0.1, -0.05) is 0 Å². The number of anilines is 1. The Hall–Kier alpha value is -1.78. The molecule has 0 aliphatic rings. The van der Waals surface area contributed by atoms with E-state index in [1.54, 1.807) is 24.3 Å². The third kappa shape index (κ3) is 3.61. The number of pyridine rings is 1. The molecule has 0 radical (unpaired) electrons. The topological polar surface area (TPSA) is 54.5 Å². The Labute approximate surface area is 108 Å². The molecule has 1 aromatic rings. The number of carbonyl (C=O) groups excluding carboxylic acids is 1. The summed E-state index contributed by atoms with van der Waals surface area (Å²) in [7, 11) is 1.57. The highest BCUT2D eigenvalue weighted by Gasteiger charge is 2.17. The Bertz CT molecular complexity index is 374. The second kappa shape index (κ2) is 6.83. The Morgan fingerprint density at radius 1 is 1.44 bits per heavy atom. The number of nitrogens with zero attached hydrogens (tertiary/aromatic N) is 2. The van der Waals surface area contributed by atoms with E-state index in [4.69, 9.17) is 4.74 Å². The van der Waals surface area contributed by atoms with Crippen molar-refractivity contribution in [1.82, 2.24) is 9.88 Å². The van der Waals surface area contributed by atoms with E-state index in [0.29, 0.717) is 5.88 Å². The van der Waals surface area contributed by atoms with Crippen molar-refractivity contribution in [1.29, 1.82) is 0 Å². The normalized spacial score (nSPS) is 11.8. The zero-order valence-corrected chi connectivity index (χ0v) is 11.4. The number of methoxy groups -OCH3 is 1. The first-order chi connectivity index (χ1) is 8.62. The van der Waals surface area contributed by atoms with Gasteiger partial charge in [-0.15, -0.1) is 0 Å². The van der Waals surface area contributed by atoms with Crippen LogP contribution in [-0.4, -0.2) is 42.0 Å². The molecule has 1 rings (SSSR count). The molecule has 0 aliphatic heterocycles. The van der Waals surface area contributed by atoms with Crippen LogP contribution in [0.25, 0.3) is 0 Å². The number of ether oxygens (including phenoxy) is 1. The second-order valence-electron chi connectivity index (χ2n) is 3.97. The van der Waals surface area contributed by atoms with Crippen LogP contribution >= 0.6 is 0 Å². The zero-order valence-electron chi connectivity index (χ0n) is 11.4. The number of hydrogen-bond acceptors (Lipinski definition) is 4. The van der Waals surface area contributed by atoms with E-state index in [2.05, 4.69) is 10.3 Å². The Balaban J connectivity index is 2.62. The van der Waals surface area contributed by atoms with Crippen LogP contribution in [0.1, 0.15) is 20.8 Å². The van der Waals surface area contributed by atoms with Crippen molar-refractivity contribution in [3.8, 4) is 5.88 Å². The van der Waals surface area contributed by atoms with Gasteiger partial charge >= 0.3 is 0 Å². The molecule has 1 heterocycles. The third-order valence-corrected chi connectivity index (χ3v) is 2.77. The van der Waals surface area contributed by atoms with E-state index in [1.807, 2.05) is 26.8 Å². The fraction of sp³-hybridized carbons (Fsp3) is 0.538. The summed E-state index contributed by atoms with van der Waals surface area (Å²) in [6.45, 7) is 7.25. The van der Waals surface area contributed by atoms with Crippen LogP contribution < -0.4 is 10.1 Å². The molecular weight excluding hydrogens is 230 g/mol. The van der Waals surface area contributed by atoms with Crippen molar-refractivity contribution in [3.63, 3.8) is 0 Å². The summed E-state index contributed by atoms with van der Waals surface area (Å²) >= 11 is 0. The maximum atomic E-state index is 12.1. The maximum absolute atomic E-state index is 12.1. The molecular formula is C13H21N3O2. The van der Waals surface area contributed by atoms with Crippen LogP contribution in [0.2, 0.25) is 0 Å². The molecule has 0 fully saturated rings. The highest BCUT2D eigenvalue weighted by Crippen LogP contribution is 2.12. The number of likely N-dealkylation sites (N-methyl/N-ethyl adjacent to an activating group) is 1. The van der Waals surface area contributed by atoms with Crippen molar-refractivity contribution in [2.24, 2.45) is 0 Å². The minimum Gasteiger partial charge on any atom is -0.481 e. The third-order valence-electron chi connectivity index (χ3n) is 2.77. The van der Waals surface area contributed by atoms with Crippen molar-refractivity contribution < 1.29 is 9.53 Å². The predicted octanol–water partition coefficient (Wildman–Crippen LogP) is 1.76. The van der Waals surface area contributed by atoms with Gasteiger partial charge in [0, 0.05) is 19.2 Å². The lowest BCUT2D eigenvalue weighted by molar-refractivity contribution is -0.131. The van der Waals surface area contributed by atoms with Gasteiger partial charge in [-0.2, -0.15) is 0 Å². The lowest BCUT2D eigenvalue weighted by atomic mass is 10.2. The Morgan fingerprint density at radius 2 is 2.11 bits per heavy atom. The van der Waals surface area contributed by atoms with E-state index in [9.17, 15) is 4.79 Å². The number of rotatable bonds is 6. The first-order valence-electron chi connectivity index (χ1n) is 6.17. The molecule has 0 spiro atoms. The van der Waals surface area contributed by atoms with Crippen molar-refractivity contribution in [3.05, 3.63) is 18.3 Å². The first-order valence-corrected chi connectivity index (χ1v) is 6.17. The number of carbonyl (C=O) groups is 1. The average molecular weight is 251 g/mol. The standard InChI is InChI=1S/C13H21N3O2/c1-5-16(6-2)13(17)10(3)15-11-7-8-12(18-4)14-9-11/h7-10,15H,5-6H2,1-4H3. The van der Waals surface area contributed by atoms with Crippen LogP contribution in [0.4, 0.5) is 5.69 Å². The van der Waals surface area contributed by atoms with Crippen LogP contribution in [0.5, 0.6) is 5.88 Å². The fourth-order valence-electron chi connectivity index (χ4n) is 1.71. The molecule has 5 nitrogen and oxygen atoms in total. The van der Waals surface area contributed by atoms with Gasteiger partial charge < -0.3 is 15.0 Å². The zero-order chi connectivity index (χ0) is 13.5. The lowest BCUT2D eigenvalue weighted by Crippen LogP contribution is -2.41. The molecule has 0 saturated carbocycles. The smallest absolute Gasteiger partial charge is 0.244 e. The second-order valence-corrected chi connectivity index (χ2v) is 3.97. The van der Waals surface area contributed by atoms with Gasteiger partial charge in [-0.3, -0.25) is 4.79 Å². The molecule has 1 aromatic heterocycles. The van der Waals surface area contributed by atoms with Crippen LogP contribution in [-0.2, 0) is 4.79 Å².